The summed E-state index contributed by atoms with van der Waals surface area (Å²) in [5.41, 5.74) is 0.704. The van der Waals surface area contributed by atoms with E-state index in [1.165, 1.54) is 6.92 Å². The molecule has 0 aromatic heterocycles. The second-order valence-corrected chi connectivity index (χ2v) is 4.86. The first-order valence-corrected chi connectivity index (χ1v) is 6.05. The first-order chi connectivity index (χ1) is 7.43. The number of aliphatic hydroxyl groups excluding tert-OH is 2. The molecule has 2 atom stereocenters. The number of rotatable bonds is 4. The molecule has 0 aliphatic rings. The molecule has 0 spiro atoms. The molecule has 90 valence electrons. The van der Waals surface area contributed by atoms with E-state index in [4.69, 9.17) is 39.9 Å². The van der Waals surface area contributed by atoms with E-state index in [0.717, 1.165) is 0 Å². The van der Waals surface area contributed by atoms with Gasteiger partial charge in [0.05, 0.1) is 22.3 Å². The van der Waals surface area contributed by atoms with Gasteiger partial charge < -0.3 is 10.2 Å². The van der Waals surface area contributed by atoms with Crippen molar-refractivity contribution in [3.05, 3.63) is 32.8 Å². The van der Waals surface area contributed by atoms with Gasteiger partial charge in [0.25, 0.3) is 0 Å². The largest absolute Gasteiger partial charge is 0.391 e. The van der Waals surface area contributed by atoms with Crippen LogP contribution in [-0.2, 0) is 6.42 Å². The Labute approximate surface area is 110 Å². The van der Waals surface area contributed by atoms with E-state index in [0.29, 0.717) is 33.5 Å². The van der Waals surface area contributed by atoms with Crippen molar-refractivity contribution in [2.75, 3.05) is 0 Å². The lowest BCUT2D eigenvalue weighted by molar-refractivity contribution is 0.0265. The van der Waals surface area contributed by atoms with Crippen molar-refractivity contribution < 1.29 is 10.2 Å². The van der Waals surface area contributed by atoms with E-state index in [-0.39, 0.29) is 0 Å². The Bertz CT molecular complexity index is 366. The third kappa shape index (κ3) is 3.51. The van der Waals surface area contributed by atoms with E-state index in [9.17, 15) is 5.11 Å². The molecule has 0 saturated carbocycles. The van der Waals surface area contributed by atoms with Crippen LogP contribution in [0.2, 0.25) is 15.1 Å². The predicted molar refractivity (Wildman–Crippen MR) is 67.5 cm³/mol. The van der Waals surface area contributed by atoms with Crippen molar-refractivity contribution in [3.63, 3.8) is 0 Å². The van der Waals surface area contributed by atoms with Gasteiger partial charge in [-0.2, -0.15) is 0 Å². The summed E-state index contributed by atoms with van der Waals surface area (Å²) in [4.78, 5) is 0. The Morgan fingerprint density at radius 2 is 1.69 bits per heavy atom. The van der Waals surface area contributed by atoms with Gasteiger partial charge in [0.2, 0.25) is 0 Å². The standard InChI is InChI=1S/C11H13Cl3O2/c1-6(15)10(16)5-2-7-8(12)3-4-9(13)11(7)14/h3-4,6,10,15-16H,2,5H2,1H3. The van der Waals surface area contributed by atoms with Crippen LogP contribution >= 0.6 is 34.8 Å². The average molecular weight is 284 g/mol. The second-order valence-electron chi connectivity index (χ2n) is 3.67. The maximum atomic E-state index is 9.47. The Morgan fingerprint density at radius 3 is 2.25 bits per heavy atom. The summed E-state index contributed by atoms with van der Waals surface area (Å²) in [7, 11) is 0. The molecular formula is C11H13Cl3O2. The van der Waals surface area contributed by atoms with E-state index in [2.05, 4.69) is 0 Å². The zero-order chi connectivity index (χ0) is 12.3. The molecule has 2 unspecified atom stereocenters. The zero-order valence-electron chi connectivity index (χ0n) is 8.75. The molecule has 0 bridgehead atoms. The molecule has 1 rings (SSSR count). The van der Waals surface area contributed by atoms with Crippen molar-refractivity contribution in [3.8, 4) is 0 Å². The predicted octanol–water partition coefficient (Wildman–Crippen LogP) is 3.32. The minimum absolute atomic E-state index is 0.386. The van der Waals surface area contributed by atoms with Gasteiger partial charge in [-0.05, 0) is 37.5 Å². The molecule has 1 aromatic rings. The van der Waals surface area contributed by atoms with Crippen LogP contribution in [0.5, 0.6) is 0 Å². The first-order valence-electron chi connectivity index (χ1n) is 4.92. The van der Waals surface area contributed by atoms with Gasteiger partial charge in [0, 0.05) is 5.02 Å². The molecule has 0 aliphatic heterocycles. The van der Waals surface area contributed by atoms with Gasteiger partial charge in [-0.15, -0.1) is 0 Å². The third-order valence-corrected chi connectivity index (χ3v) is 3.58. The van der Waals surface area contributed by atoms with Crippen LogP contribution in [0.1, 0.15) is 18.9 Å². The summed E-state index contributed by atoms with van der Waals surface area (Å²) in [6.45, 7) is 1.53. The SMILES string of the molecule is CC(O)C(O)CCc1c(Cl)ccc(Cl)c1Cl. The molecular weight excluding hydrogens is 270 g/mol. The van der Waals surface area contributed by atoms with Crippen LogP contribution in [-0.4, -0.2) is 22.4 Å². The summed E-state index contributed by atoms with van der Waals surface area (Å²) in [5, 5.41) is 20.0. The Kier molecular flexibility index (Phi) is 5.35. The molecule has 0 aliphatic carbocycles. The Hall–Kier alpha value is 0.01000. The van der Waals surface area contributed by atoms with Gasteiger partial charge in [-0.25, -0.2) is 0 Å². The van der Waals surface area contributed by atoms with Crippen LogP contribution in [0.4, 0.5) is 0 Å². The molecule has 0 fully saturated rings. The Balaban J connectivity index is 2.77. The molecule has 2 nitrogen and oxygen atoms in total. The zero-order valence-corrected chi connectivity index (χ0v) is 11.0. The minimum atomic E-state index is -0.786. The van der Waals surface area contributed by atoms with Crippen LogP contribution in [0.15, 0.2) is 12.1 Å². The maximum Gasteiger partial charge on any atom is 0.0799 e. The van der Waals surface area contributed by atoms with Gasteiger partial charge in [0.1, 0.15) is 0 Å². The lowest BCUT2D eigenvalue weighted by Crippen LogP contribution is -2.22. The lowest BCUT2D eigenvalue weighted by Gasteiger charge is -2.14. The van der Waals surface area contributed by atoms with Crippen molar-refractivity contribution in [1.29, 1.82) is 0 Å². The number of hydrogen-bond acceptors (Lipinski definition) is 2. The summed E-state index contributed by atoms with van der Waals surface area (Å²) in [6.07, 6.45) is -0.690. The fraction of sp³-hybridized carbons (Fsp3) is 0.455. The van der Waals surface area contributed by atoms with Crippen molar-refractivity contribution in [2.45, 2.75) is 32.0 Å². The highest BCUT2D eigenvalue weighted by atomic mass is 35.5. The first kappa shape index (κ1) is 14.1. The highest BCUT2D eigenvalue weighted by molar-refractivity contribution is 6.44. The number of aliphatic hydroxyl groups is 2. The molecule has 0 radical (unpaired) electrons. The van der Waals surface area contributed by atoms with Gasteiger partial charge >= 0.3 is 0 Å². The maximum absolute atomic E-state index is 9.47. The molecule has 1 aromatic carbocycles. The number of halogens is 3. The smallest absolute Gasteiger partial charge is 0.0799 e. The van der Waals surface area contributed by atoms with E-state index < -0.39 is 12.2 Å². The van der Waals surface area contributed by atoms with Crippen molar-refractivity contribution in [1.82, 2.24) is 0 Å². The highest BCUT2D eigenvalue weighted by Gasteiger charge is 2.14. The summed E-state index contributed by atoms with van der Waals surface area (Å²) < 4.78 is 0. The number of hydrogen-bond donors (Lipinski definition) is 2. The van der Waals surface area contributed by atoms with Crippen LogP contribution in [0, 0.1) is 0 Å². The van der Waals surface area contributed by atoms with E-state index >= 15 is 0 Å². The number of benzene rings is 1. The van der Waals surface area contributed by atoms with Crippen molar-refractivity contribution >= 4 is 34.8 Å². The van der Waals surface area contributed by atoms with Crippen LogP contribution in [0.3, 0.4) is 0 Å². The van der Waals surface area contributed by atoms with E-state index in [1.807, 2.05) is 0 Å². The average Bonchev–Trinajstić information content (AvgIpc) is 2.23. The monoisotopic (exact) mass is 282 g/mol. The lowest BCUT2D eigenvalue weighted by atomic mass is 10.0. The summed E-state index contributed by atoms with van der Waals surface area (Å²) >= 11 is 17.8. The fourth-order valence-corrected chi connectivity index (χ4v) is 2.07. The van der Waals surface area contributed by atoms with Gasteiger partial charge in [-0.1, -0.05) is 34.8 Å². The summed E-state index contributed by atoms with van der Waals surface area (Å²) in [6, 6.07) is 3.29. The third-order valence-electron chi connectivity index (χ3n) is 2.39. The van der Waals surface area contributed by atoms with Gasteiger partial charge in [-0.3, -0.25) is 0 Å². The molecule has 0 heterocycles. The van der Waals surface area contributed by atoms with Crippen molar-refractivity contribution in [2.24, 2.45) is 0 Å². The highest BCUT2D eigenvalue weighted by Crippen LogP contribution is 2.32. The van der Waals surface area contributed by atoms with Crippen LogP contribution in [0.25, 0.3) is 0 Å². The quantitative estimate of drug-likeness (QED) is 0.832. The van der Waals surface area contributed by atoms with E-state index in [1.54, 1.807) is 12.1 Å². The minimum Gasteiger partial charge on any atom is -0.391 e. The summed E-state index contributed by atoms with van der Waals surface area (Å²) in [5.74, 6) is 0. The van der Waals surface area contributed by atoms with Crippen LogP contribution < -0.4 is 0 Å². The molecule has 16 heavy (non-hydrogen) atoms. The molecule has 0 saturated heterocycles. The fourth-order valence-electron chi connectivity index (χ4n) is 1.33. The Morgan fingerprint density at radius 1 is 1.12 bits per heavy atom. The molecule has 2 N–H and O–H groups in total. The topological polar surface area (TPSA) is 40.5 Å². The molecule has 0 amide bonds. The molecule has 5 heteroatoms. The second kappa shape index (κ2) is 6.08. The normalized spacial score (nSPS) is 14.9. The van der Waals surface area contributed by atoms with Gasteiger partial charge in [0.15, 0.2) is 0 Å².